The number of nitro groups is 1. The van der Waals surface area contributed by atoms with E-state index in [4.69, 9.17) is 9.15 Å². The number of benzene rings is 3. The van der Waals surface area contributed by atoms with Crippen LogP contribution in [0.15, 0.2) is 65.3 Å². The molecule has 0 fully saturated rings. The number of hydrogen-bond acceptors (Lipinski definition) is 5. The Hall–Kier alpha value is -4.39. The van der Waals surface area contributed by atoms with Gasteiger partial charge in [0.15, 0.2) is 0 Å². The highest BCUT2D eigenvalue weighted by Gasteiger charge is 2.19. The van der Waals surface area contributed by atoms with Crippen molar-refractivity contribution in [3.63, 3.8) is 0 Å². The third kappa shape index (κ3) is 4.66. The number of carbonyl (C=O) groups is 1. The highest BCUT2D eigenvalue weighted by Crippen LogP contribution is 2.41. The number of nitrogens with zero attached hydrogens (tertiary/aromatic N) is 1. The second-order valence-electron chi connectivity index (χ2n) is 8.55. The molecule has 0 saturated carbocycles. The van der Waals surface area contributed by atoms with Crippen LogP contribution < -0.4 is 10.1 Å². The van der Waals surface area contributed by atoms with Gasteiger partial charge in [0.2, 0.25) is 5.91 Å². The summed E-state index contributed by atoms with van der Waals surface area (Å²) in [5, 5.41) is 14.6. The molecule has 0 aliphatic rings. The van der Waals surface area contributed by atoms with E-state index in [1.807, 2.05) is 19.9 Å². The fourth-order valence-corrected chi connectivity index (χ4v) is 4.35. The van der Waals surface area contributed by atoms with Crippen LogP contribution in [0.5, 0.6) is 5.75 Å². The van der Waals surface area contributed by atoms with Crippen molar-refractivity contribution >= 4 is 33.8 Å². The number of aryl methyl sites for hydroxylation is 3. The average molecular weight is 471 g/mol. The Labute approximate surface area is 203 Å². The molecule has 0 atom stereocenters. The van der Waals surface area contributed by atoms with Gasteiger partial charge >= 0.3 is 0 Å². The summed E-state index contributed by atoms with van der Waals surface area (Å²) in [6, 6.07) is 14.1. The molecule has 0 unspecified atom stereocenters. The summed E-state index contributed by atoms with van der Waals surface area (Å²) >= 11 is 0. The molecule has 4 rings (SSSR count). The number of rotatable bonds is 6. The number of anilines is 1. The minimum atomic E-state index is -0.502. The number of nitrogens with one attached hydrogen (secondary N) is 1. The van der Waals surface area contributed by atoms with E-state index in [-0.39, 0.29) is 5.69 Å². The standard InChI is InChI=1S/C28H26N2O5/c1-16-9-10-22(17(2)11-16)25-15-35-28-19(4)27(34-5)23(14-24(25)28)18(3)12-26(31)29-20-7-6-8-21(13-20)30(32)33/h6-15H,1-5H3,(H,29,31)/b18-12+. The number of hydrogen-bond donors (Lipinski definition) is 1. The van der Waals surface area contributed by atoms with Gasteiger partial charge in [0, 0.05) is 46.0 Å². The van der Waals surface area contributed by atoms with Gasteiger partial charge < -0.3 is 14.5 Å². The first-order chi connectivity index (χ1) is 16.7. The number of fused-ring (bicyclic) bond motifs is 1. The van der Waals surface area contributed by atoms with Crippen LogP contribution in [-0.2, 0) is 4.79 Å². The van der Waals surface area contributed by atoms with E-state index in [1.54, 1.807) is 19.4 Å². The molecule has 3 aromatic carbocycles. The van der Waals surface area contributed by atoms with Crippen molar-refractivity contribution in [2.24, 2.45) is 0 Å². The molecular weight excluding hydrogens is 444 g/mol. The van der Waals surface area contributed by atoms with Crippen LogP contribution in [0.4, 0.5) is 11.4 Å². The second-order valence-corrected chi connectivity index (χ2v) is 8.55. The fourth-order valence-electron chi connectivity index (χ4n) is 4.35. The van der Waals surface area contributed by atoms with Crippen LogP contribution in [0.1, 0.15) is 29.2 Å². The van der Waals surface area contributed by atoms with Gasteiger partial charge in [-0.05, 0) is 56.5 Å². The minimum Gasteiger partial charge on any atom is -0.496 e. The predicted octanol–water partition coefficient (Wildman–Crippen LogP) is 6.98. The van der Waals surface area contributed by atoms with Gasteiger partial charge in [-0.25, -0.2) is 0 Å². The van der Waals surface area contributed by atoms with Crippen molar-refractivity contribution in [3.8, 4) is 16.9 Å². The van der Waals surface area contributed by atoms with Gasteiger partial charge in [-0.3, -0.25) is 14.9 Å². The first kappa shape index (κ1) is 23.8. The SMILES string of the molecule is COc1c(/C(C)=C/C(=O)Nc2cccc([N+](=O)[O-])c2)cc2c(-c3ccc(C)cc3C)coc2c1C. The highest BCUT2D eigenvalue weighted by molar-refractivity contribution is 6.06. The summed E-state index contributed by atoms with van der Waals surface area (Å²) in [6.45, 7) is 7.88. The molecule has 0 aliphatic heterocycles. The molecule has 35 heavy (non-hydrogen) atoms. The van der Waals surface area contributed by atoms with Gasteiger partial charge in [-0.1, -0.05) is 29.8 Å². The van der Waals surface area contributed by atoms with E-state index in [0.29, 0.717) is 17.0 Å². The van der Waals surface area contributed by atoms with E-state index in [9.17, 15) is 14.9 Å². The predicted molar refractivity (Wildman–Crippen MR) is 138 cm³/mol. The summed E-state index contributed by atoms with van der Waals surface area (Å²) < 4.78 is 11.6. The molecule has 1 N–H and O–H groups in total. The molecule has 0 spiro atoms. The van der Waals surface area contributed by atoms with Crippen molar-refractivity contribution < 1.29 is 18.9 Å². The number of amides is 1. The minimum absolute atomic E-state index is 0.0925. The molecule has 4 aromatic rings. The summed E-state index contributed by atoms with van der Waals surface area (Å²) in [5.41, 5.74) is 7.65. The molecule has 0 aliphatic carbocycles. The van der Waals surface area contributed by atoms with Crippen molar-refractivity contribution in [2.75, 3.05) is 12.4 Å². The van der Waals surface area contributed by atoms with Crippen LogP contribution in [0.25, 0.3) is 27.7 Å². The Kier molecular flexibility index (Phi) is 6.42. The molecule has 0 saturated heterocycles. The van der Waals surface area contributed by atoms with E-state index < -0.39 is 10.8 Å². The Morgan fingerprint density at radius 3 is 2.54 bits per heavy atom. The molecule has 0 bridgehead atoms. The van der Waals surface area contributed by atoms with E-state index in [2.05, 4.69) is 37.4 Å². The molecule has 7 nitrogen and oxygen atoms in total. The second kappa shape index (κ2) is 9.46. The van der Waals surface area contributed by atoms with Crippen molar-refractivity contribution in [3.05, 3.63) is 93.2 Å². The Balaban J connectivity index is 1.76. The van der Waals surface area contributed by atoms with Gasteiger partial charge in [0.1, 0.15) is 11.3 Å². The van der Waals surface area contributed by atoms with Crippen LogP contribution in [-0.4, -0.2) is 17.9 Å². The Morgan fingerprint density at radius 2 is 1.86 bits per heavy atom. The molecule has 1 aromatic heterocycles. The smallest absolute Gasteiger partial charge is 0.271 e. The lowest BCUT2D eigenvalue weighted by atomic mass is 9.94. The highest BCUT2D eigenvalue weighted by atomic mass is 16.6. The maximum Gasteiger partial charge on any atom is 0.271 e. The fraction of sp³-hybridized carbons (Fsp3) is 0.179. The number of methoxy groups -OCH3 is 1. The summed E-state index contributed by atoms with van der Waals surface area (Å²) in [4.78, 5) is 23.2. The van der Waals surface area contributed by atoms with E-state index >= 15 is 0 Å². The largest absolute Gasteiger partial charge is 0.496 e. The van der Waals surface area contributed by atoms with E-state index in [0.717, 1.165) is 38.8 Å². The number of allylic oxidation sites excluding steroid dienone is 1. The average Bonchev–Trinajstić information content (AvgIpc) is 3.23. The Bertz CT molecular complexity index is 1500. The van der Waals surface area contributed by atoms with Crippen LogP contribution >= 0.6 is 0 Å². The molecule has 178 valence electrons. The molecule has 1 heterocycles. The normalized spacial score (nSPS) is 11.5. The third-order valence-electron chi connectivity index (χ3n) is 6.02. The zero-order valence-corrected chi connectivity index (χ0v) is 20.3. The topological polar surface area (TPSA) is 94.6 Å². The molecule has 7 heteroatoms. The third-order valence-corrected chi connectivity index (χ3v) is 6.02. The van der Waals surface area contributed by atoms with Crippen molar-refractivity contribution in [2.45, 2.75) is 27.7 Å². The van der Waals surface area contributed by atoms with Gasteiger partial charge in [0.25, 0.3) is 5.69 Å². The number of non-ortho nitro benzene ring substituents is 1. The first-order valence-corrected chi connectivity index (χ1v) is 11.1. The number of furan rings is 1. The molecule has 1 amide bonds. The van der Waals surface area contributed by atoms with Gasteiger partial charge in [-0.2, -0.15) is 0 Å². The van der Waals surface area contributed by atoms with Crippen LogP contribution in [0, 0.1) is 30.9 Å². The zero-order chi connectivity index (χ0) is 25.3. The maximum absolute atomic E-state index is 12.7. The number of nitro benzene ring substituents is 1. The summed E-state index contributed by atoms with van der Waals surface area (Å²) in [7, 11) is 1.59. The lowest BCUT2D eigenvalue weighted by molar-refractivity contribution is -0.384. The van der Waals surface area contributed by atoms with Crippen LogP contribution in [0.2, 0.25) is 0 Å². The quantitative estimate of drug-likeness (QED) is 0.186. The molecule has 0 radical (unpaired) electrons. The van der Waals surface area contributed by atoms with Crippen molar-refractivity contribution in [1.82, 2.24) is 0 Å². The molecular formula is C28H26N2O5. The van der Waals surface area contributed by atoms with Gasteiger partial charge in [0.05, 0.1) is 18.3 Å². The lowest BCUT2D eigenvalue weighted by Gasteiger charge is -2.14. The Morgan fingerprint density at radius 1 is 1.09 bits per heavy atom. The maximum atomic E-state index is 12.7. The monoisotopic (exact) mass is 470 g/mol. The lowest BCUT2D eigenvalue weighted by Crippen LogP contribution is -2.09. The van der Waals surface area contributed by atoms with Crippen molar-refractivity contribution in [1.29, 1.82) is 0 Å². The van der Waals surface area contributed by atoms with Gasteiger partial charge in [-0.15, -0.1) is 0 Å². The van der Waals surface area contributed by atoms with E-state index in [1.165, 1.54) is 29.8 Å². The first-order valence-electron chi connectivity index (χ1n) is 11.1. The zero-order valence-electron chi connectivity index (χ0n) is 20.3. The summed E-state index contributed by atoms with van der Waals surface area (Å²) in [5.74, 6) is 0.223. The number of carbonyl (C=O) groups excluding carboxylic acids is 1. The number of ether oxygens (including phenoxy) is 1. The van der Waals surface area contributed by atoms with Crippen LogP contribution in [0.3, 0.4) is 0 Å². The summed E-state index contributed by atoms with van der Waals surface area (Å²) in [6.07, 6.45) is 3.21.